The standard InChI is InChI=1S/C17H15N3O7/c1-10-14(19(23)24)8-12(9-15(10)20(25)26)17(22)27-11(2)16(21)18-13-6-4-3-5-7-13/h3-9,11H,1-2H3,(H,18,21)/t11-/m0/s1. The van der Waals surface area contributed by atoms with Crippen LogP contribution in [0.25, 0.3) is 0 Å². The van der Waals surface area contributed by atoms with Crippen molar-refractivity contribution in [2.75, 3.05) is 5.32 Å². The Hall–Kier alpha value is -3.82. The van der Waals surface area contributed by atoms with E-state index < -0.39 is 44.8 Å². The van der Waals surface area contributed by atoms with Crippen LogP contribution < -0.4 is 5.32 Å². The number of para-hydroxylation sites is 1. The number of carbonyl (C=O) groups excluding carboxylic acids is 2. The lowest BCUT2D eigenvalue weighted by Crippen LogP contribution is -2.30. The lowest BCUT2D eigenvalue weighted by atomic mass is 10.1. The molecule has 2 aromatic rings. The van der Waals surface area contributed by atoms with E-state index in [0.29, 0.717) is 5.69 Å². The molecule has 1 N–H and O–H groups in total. The largest absolute Gasteiger partial charge is 0.449 e. The lowest BCUT2D eigenvalue weighted by molar-refractivity contribution is -0.395. The summed E-state index contributed by atoms with van der Waals surface area (Å²) in [6, 6.07) is 10.2. The third kappa shape index (κ3) is 4.63. The SMILES string of the molecule is Cc1c([N+](=O)[O-])cc(C(=O)O[C@@H](C)C(=O)Nc2ccccc2)cc1[N+](=O)[O-]. The first-order valence-corrected chi connectivity index (χ1v) is 7.71. The summed E-state index contributed by atoms with van der Waals surface area (Å²) in [6.45, 7) is 2.52. The predicted octanol–water partition coefficient (Wildman–Crippen LogP) is 3.00. The Morgan fingerprint density at radius 3 is 2.04 bits per heavy atom. The minimum Gasteiger partial charge on any atom is -0.449 e. The highest BCUT2D eigenvalue weighted by atomic mass is 16.6. The molecule has 0 saturated heterocycles. The number of anilines is 1. The smallest absolute Gasteiger partial charge is 0.339 e. The van der Waals surface area contributed by atoms with Gasteiger partial charge in [0.1, 0.15) is 5.56 Å². The predicted molar refractivity (Wildman–Crippen MR) is 94.4 cm³/mol. The molecule has 1 atom stereocenters. The molecule has 1 amide bonds. The Kier molecular flexibility index (Phi) is 5.81. The molecule has 0 bridgehead atoms. The Balaban J connectivity index is 2.20. The first-order chi connectivity index (χ1) is 12.7. The Morgan fingerprint density at radius 2 is 1.56 bits per heavy atom. The second kappa shape index (κ2) is 8.04. The Morgan fingerprint density at radius 1 is 1.04 bits per heavy atom. The third-order valence-electron chi connectivity index (χ3n) is 3.68. The third-order valence-corrected chi connectivity index (χ3v) is 3.68. The fraction of sp³-hybridized carbons (Fsp3) is 0.176. The van der Waals surface area contributed by atoms with Crippen LogP contribution in [0.3, 0.4) is 0 Å². The van der Waals surface area contributed by atoms with Crippen LogP contribution in [0, 0.1) is 27.2 Å². The highest BCUT2D eigenvalue weighted by Crippen LogP contribution is 2.29. The number of ether oxygens (including phenoxy) is 1. The normalized spacial score (nSPS) is 11.3. The monoisotopic (exact) mass is 373 g/mol. The van der Waals surface area contributed by atoms with Gasteiger partial charge in [-0.1, -0.05) is 18.2 Å². The van der Waals surface area contributed by atoms with E-state index >= 15 is 0 Å². The molecule has 0 heterocycles. The zero-order valence-corrected chi connectivity index (χ0v) is 14.4. The topological polar surface area (TPSA) is 142 Å². The molecule has 2 rings (SSSR count). The quantitative estimate of drug-likeness (QED) is 0.466. The van der Waals surface area contributed by atoms with Gasteiger partial charge in [0.2, 0.25) is 0 Å². The number of nitrogens with zero attached hydrogens (tertiary/aromatic N) is 2. The number of nitro benzene ring substituents is 2. The molecule has 0 fully saturated rings. The minimum absolute atomic E-state index is 0.184. The average Bonchev–Trinajstić information content (AvgIpc) is 2.61. The molecule has 0 aliphatic carbocycles. The summed E-state index contributed by atoms with van der Waals surface area (Å²) in [5.41, 5.74) is -1.25. The maximum absolute atomic E-state index is 12.2. The number of nitro groups is 2. The zero-order chi connectivity index (χ0) is 20.1. The summed E-state index contributed by atoms with van der Waals surface area (Å²) >= 11 is 0. The van der Waals surface area contributed by atoms with Gasteiger partial charge >= 0.3 is 5.97 Å². The van der Waals surface area contributed by atoms with Crippen molar-refractivity contribution in [2.24, 2.45) is 0 Å². The number of amides is 1. The molecule has 140 valence electrons. The van der Waals surface area contributed by atoms with Gasteiger partial charge in [0.05, 0.1) is 15.4 Å². The van der Waals surface area contributed by atoms with Crippen molar-refractivity contribution in [2.45, 2.75) is 20.0 Å². The number of hydrogen-bond donors (Lipinski definition) is 1. The van der Waals surface area contributed by atoms with Crippen LogP contribution in [-0.2, 0) is 9.53 Å². The fourth-order valence-corrected chi connectivity index (χ4v) is 2.23. The van der Waals surface area contributed by atoms with Crippen molar-refractivity contribution < 1.29 is 24.2 Å². The second-order valence-electron chi connectivity index (χ2n) is 5.56. The van der Waals surface area contributed by atoms with Gasteiger partial charge < -0.3 is 10.1 Å². The minimum atomic E-state index is -1.22. The number of benzene rings is 2. The summed E-state index contributed by atoms with van der Waals surface area (Å²) in [5, 5.41) is 24.7. The molecule has 27 heavy (non-hydrogen) atoms. The van der Waals surface area contributed by atoms with Crippen molar-refractivity contribution in [3.8, 4) is 0 Å². The maximum atomic E-state index is 12.2. The van der Waals surface area contributed by atoms with E-state index in [1.807, 2.05) is 0 Å². The van der Waals surface area contributed by atoms with Crippen LogP contribution in [0.1, 0.15) is 22.8 Å². The number of carbonyl (C=O) groups is 2. The molecule has 0 spiro atoms. The van der Waals surface area contributed by atoms with E-state index in [0.717, 1.165) is 12.1 Å². The van der Waals surface area contributed by atoms with Crippen LogP contribution in [0.2, 0.25) is 0 Å². The molecule has 0 aliphatic rings. The van der Waals surface area contributed by atoms with Gasteiger partial charge in [-0.3, -0.25) is 25.0 Å². The summed E-state index contributed by atoms with van der Waals surface area (Å²) in [4.78, 5) is 44.8. The second-order valence-corrected chi connectivity index (χ2v) is 5.56. The number of esters is 1. The highest BCUT2D eigenvalue weighted by Gasteiger charge is 2.27. The zero-order valence-electron chi connectivity index (χ0n) is 14.4. The fourth-order valence-electron chi connectivity index (χ4n) is 2.23. The molecule has 0 saturated carbocycles. The number of hydrogen-bond acceptors (Lipinski definition) is 7. The first kappa shape index (κ1) is 19.5. The van der Waals surface area contributed by atoms with E-state index in [2.05, 4.69) is 5.32 Å². The molecule has 0 aromatic heterocycles. The summed E-state index contributed by atoms with van der Waals surface area (Å²) in [7, 11) is 0. The van der Waals surface area contributed by atoms with E-state index in [9.17, 15) is 29.8 Å². The molecule has 10 nitrogen and oxygen atoms in total. The lowest BCUT2D eigenvalue weighted by Gasteiger charge is -2.13. The average molecular weight is 373 g/mol. The number of nitrogens with one attached hydrogen (secondary N) is 1. The summed E-state index contributed by atoms with van der Waals surface area (Å²) in [6.07, 6.45) is -1.22. The molecule has 0 radical (unpaired) electrons. The highest BCUT2D eigenvalue weighted by molar-refractivity contribution is 5.97. The molecule has 2 aromatic carbocycles. The van der Waals surface area contributed by atoms with Crippen molar-refractivity contribution in [1.29, 1.82) is 0 Å². The van der Waals surface area contributed by atoms with Gasteiger partial charge in [-0.05, 0) is 26.0 Å². The van der Waals surface area contributed by atoms with E-state index in [1.54, 1.807) is 30.3 Å². The van der Waals surface area contributed by atoms with Crippen LogP contribution in [0.5, 0.6) is 0 Å². The Labute approximate surface area is 153 Å². The number of rotatable bonds is 6. The van der Waals surface area contributed by atoms with Gasteiger partial charge in [0.25, 0.3) is 17.3 Å². The van der Waals surface area contributed by atoms with Crippen molar-refractivity contribution >= 4 is 28.9 Å². The molecule has 10 heteroatoms. The van der Waals surface area contributed by atoms with Crippen LogP contribution >= 0.6 is 0 Å². The molecule has 0 aliphatic heterocycles. The van der Waals surface area contributed by atoms with Crippen LogP contribution in [0.15, 0.2) is 42.5 Å². The van der Waals surface area contributed by atoms with Crippen molar-refractivity contribution in [1.82, 2.24) is 0 Å². The van der Waals surface area contributed by atoms with Crippen molar-refractivity contribution in [3.05, 3.63) is 73.8 Å². The maximum Gasteiger partial charge on any atom is 0.339 e. The van der Waals surface area contributed by atoms with Crippen molar-refractivity contribution in [3.63, 3.8) is 0 Å². The van der Waals surface area contributed by atoms with Gasteiger partial charge in [-0.15, -0.1) is 0 Å². The van der Waals surface area contributed by atoms with Crippen LogP contribution in [-0.4, -0.2) is 27.8 Å². The van der Waals surface area contributed by atoms with Gasteiger partial charge in [-0.25, -0.2) is 4.79 Å². The van der Waals surface area contributed by atoms with E-state index in [1.165, 1.54) is 13.8 Å². The van der Waals surface area contributed by atoms with Gasteiger partial charge in [0.15, 0.2) is 6.10 Å². The van der Waals surface area contributed by atoms with Gasteiger partial charge in [0, 0.05) is 17.8 Å². The summed E-state index contributed by atoms with van der Waals surface area (Å²) in [5.74, 6) is -1.71. The Bertz CT molecular complexity index is 877. The summed E-state index contributed by atoms with van der Waals surface area (Å²) < 4.78 is 4.98. The van der Waals surface area contributed by atoms with E-state index in [-0.39, 0.29) is 5.56 Å². The van der Waals surface area contributed by atoms with Gasteiger partial charge in [-0.2, -0.15) is 0 Å². The molecular formula is C17H15N3O7. The van der Waals surface area contributed by atoms with Crippen LogP contribution in [0.4, 0.5) is 17.1 Å². The molecular weight excluding hydrogens is 358 g/mol. The van der Waals surface area contributed by atoms with E-state index in [4.69, 9.17) is 4.74 Å². The molecule has 0 unspecified atom stereocenters. The first-order valence-electron chi connectivity index (χ1n) is 7.71.